The first-order valence-electron chi connectivity index (χ1n) is 6.12. The summed E-state index contributed by atoms with van der Waals surface area (Å²) in [4.78, 5) is 0. The van der Waals surface area contributed by atoms with Crippen molar-refractivity contribution in [3.05, 3.63) is 62.5 Å². The Hall–Kier alpha value is -0.0969. The third kappa shape index (κ3) is 3.32. The largest absolute Gasteiger partial charge is 1.00 e. The maximum absolute atomic E-state index is 2.45. The summed E-state index contributed by atoms with van der Waals surface area (Å²) in [5.41, 5.74) is 4.39. The maximum Gasteiger partial charge on any atom is -1.00 e. The normalized spacial score (nSPS) is 22.1. The summed E-state index contributed by atoms with van der Waals surface area (Å²) in [6.07, 6.45) is 12.8. The van der Waals surface area contributed by atoms with Crippen molar-refractivity contribution in [3.8, 4) is 0 Å². The molecule has 19 heavy (non-hydrogen) atoms. The van der Waals surface area contributed by atoms with E-state index in [2.05, 4.69) is 62.4 Å². The van der Waals surface area contributed by atoms with Crippen LogP contribution in [0.25, 0.3) is 6.08 Å². The second-order valence-corrected chi connectivity index (χ2v) is 9.82. The van der Waals surface area contributed by atoms with E-state index in [-0.39, 0.29) is 24.8 Å². The van der Waals surface area contributed by atoms with Crippen molar-refractivity contribution in [3.63, 3.8) is 0 Å². The number of fused-ring (bicyclic) bond motifs is 1. The Bertz CT molecular complexity index is 558. The molecule has 3 rings (SSSR count). The molecule has 0 aliphatic heterocycles. The van der Waals surface area contributed by atoms with Crippen molar-refractivity contribution >= 4 is 6.08 Å². The van der Waals surface area contributed by atoms with Crippen LogP contribution in [0, 0.1) is 6.92 Å². The fraction of sp³-hybridized carbons (Fsp3) is 0.250. The molecule has 1 atom stereocenters. The fourth-order valence-electron chi connectivity index (χ4n) is 2.59. The van der Waals surface area contributed by atoms with Gasteiger partial charge in [-0.05, 0) is 0 Å². The molecule has 1 aromatic rings. The van der Waals surface area contributed by atoms with Crippen LogP contribution in [-0.2, 0) is 26.4 Å². The average molecular weight is 370 g/mol. The van der Waals surface area contributed by atoms with Crippen LogP contribution in [-0.4, -0.2) is 0 Å². The van der Waals surface area contributed by atoms with E-state index in [1.807, 2.05) is 0 Å². The molecule has 2 aliphatic rings. The monoisotopic (exact) mass is 368 g/mol. The quantitative estimate of drug-likeness (QED) is 0.575. The van der Waals surface area contributed by atoms with Crippen LogP contribution >= 0.6 is 0 Å². The zero-order valence-corrected chi connectivity index (χ0v) is 15.1. The van der Waals surface area contributed by atoms with Gasteiger partial charge in [-0.2, -0.15) is 0 Å². The molecule has 98 valence electrons. The number of allylic oxidation sites excluding steroid dienone is 5. The van der Waals surface area contributed by atoms with E-state index in [4.69, 9.17) is 0 Å². The van der Waals surface area contributed by atoms with E-state index in [0.29, 0.717) is 3.12 Å². The number of hydrogen-bond acceptors (Lipinski definition) is 0. The average Bonchev–Trinajstić information content (AvgIpc) is 2.89. The first-order chi connectivity index (χ1) is 8.17. The smallest absolute Gasteiger partial charge is 1.00 e. The van der Waals surface area contributed by atoms with Crippen molar-refractivity contribution in [2.45, 2.75) is 23.4 Å². The van der Waals surface area contributed by atoms with Gasteiger partial charge in [0.05, 0.1) is 0 Å². The van der Waals surface area contributed by atoms with Crippen LogP contribution in [0.5, 0.6) is 0 Å². The van der Waals surface area contributed by atoms with E-state index >= 15 is 0 Å². The Labute approximate surface area is 139 Å². The van der Waals surface area contributed by atoms with Crippen LogP contribution in [0.15, 0.2) is 45.8 Å². The molecule has 0 N–H and O–H groups in total. The van der Waals surface area contributed by atoms with Crippen LogP contribution in [0.2, 0.25) is 0 Å². The third-order valence-corrected chi connectivity index (χ3v) is 7.61. The summed E-state index contributed by atoms with van der Waals surface area (Å²) < 4.78 is 2.08. The van der Waals surface area contributed by atoms with Gasteiger partial charge in [0.2, 0.25) is 0 Å². The van der Waals surface area contributed by atoms with Gasteiger partial charge >= 0.3 is 115 Å². The fourth-order valence-corrected chi connectivity index (χ4v) is 6.49. The summed E-state index contributed by atoms with van der Waals surface area (Å²) in [6.45, 7) is 4.63. The van der Waals surface area contributed by atoms with E-state index in [9.17, 15) is 0 Å². The zero-order valence-electron chi connectivity index (χ0n) is 11.1. The summed E-state index contributed by atoms with van der Waals surface area (Å²) in [7, 11) is 0. The van der Waals surface area contributed by atoms with Crippen LogP contribution in [0.3, 0.4) is 0 Å². The van der Waals surface area contributed by atoms with Crippen LogP contribution in [0.4, 0.5) is 0 Å². The topological polar surface area (TPSA) is 0 Å². The molecule has 0 aromatic heterocycles. The van der Waals surface area contributed by atoms with Gasteiger partial charge in [0, 0.05) is 0 Å². The van der Waals surface area contributed by atoms with Gasteiger partial charge in [-0.15, -0.1) is 0 Å². The van der Waals surface area contributed by atoms with E-state index in [0.717, 1.165) is 0 Å². The molecule has 0 bridgehead atoms. The SMILES string of the molecule is Cc1ccc2c(c1)[C](C)([Zr+2][C]1=CC=CC1)C=C2.[Cl-].[Cl-]. The molecule has 0 heterocycles. The molecular weight excluding hydrogens is 354 g/mol. The van der Waals surface area contributed by atoms with Gasteiger partial charge in [0.15, 0.2) is 0 Å². The second-order valence-electron chi connectivity index (χ2n) is 5.08. The predicted molar refractivity (Wildman–Crippen MR) is 69.4 cm³/mol. The number of rotatable bonds is 2. The number of aryl methyl sites for hydroxylation is 1. The summed E-state index contributed by atoms with van der Waals surface area (Å²) in [5.74, 6) is 0. The molecule has 2 aliphatic carbocycles. The Morgan fingerprint density at radius 3 is 2.68 bits per heavy atom. The summed E-state index contributed by atoms with van der Waals surface area (Å²) >= 11 is -0.557. The minimum absolute atomic E-state index is 0. The molecule has 0 amide bonds. The van der Waals surface area contributed by atoms with Gasteiger partial charge < -0.3 is 24.8 Å². The minimum Gasteiger partial charge on any atom is -1.00 e. The Kier molecular flexibility index (Phi) is 5.86. The van der Waals surface area contributed by atoms with Crippen LogP contribution < -0.4 is 24.8 Å². The van der Waals surface area contributed by atoms with Crippen molar-refractivity contribution < 1.29 is 48.0 Å². The van der Waals surface area contributed by atoms with Gasteiger partial charge in [0.1, 0.15) is 0 Å². The van der Waals surface area contributed by atoms with Crippen molar-refractivity contribution in [1.82, 2.24) is 0 Å². The molecular formula is C16H16Cl2Zr. The Morgan fingerprint density at radius 1 is 1.21 bits per heavy atom. The van der Waals surface area contributed by atoms with E-state index < -0.39 is 23.2 Å². The summed E-state index contributed by atoms with van der Waals surface area (Å²) in [5, 5.41) is 0. The maximum atomic E-state index is 2.45. The van der Waals surface area contributed by atoms with Gasteiger partial charge in [-0.25, -0.2) is 0 Å². The molecule has 0 fully saturated rings. The Balaban J connectivity index is 0.000000902. The van der Waals surface area contributed by atoms with E-state index in [1.165, 1.54) is 17.5 Å². The number of halogens is 2. The van der Waals surface area contributed by atoms with Gasteiger partial charge in [0.25, 0.3) is 0 Å². The van der Waals surface area contributed by atoms with Gasteiger partial charge in [-0.1, -0.05) is 0 Å². The first kappa shape index (κ1) is 17.0. The van der Waals surface area contributed by atoms with E-state index in [1.54, 1.807) is 8.84 Å². The molecule has 3 heteroatoms. The molecule has 0 nitrogen and oxygen atoms in total. The Morgan fingerprint density at radius 2 is 2.00 bits per heavy atom. The summed E-state index contributed by atoms with van der Waals surface area (Å²) in [6, 6.07) is 6.88. The predicted octanol–water partition coefficient (Wildman–Crippen LogP) is -1.83. The van der Waals surface area contributed by atoms with Crippen molar-refractivity contribution in [2.75, 3.05) is 0 Å². The van der Waals surface area contributed by atoms with Crippen LogP contribution in [0.1, 0.15) is 30.0 Å². The third-order valence-electron chi connectivity index (χ3n) is 3.56. The molecule has 0 radical (unpaired) electrons. The minimum atomic E-state index is -0.557. The first-order valence-corrected chi connectivity index (χ1v) is 8.57. The molecule has 1 aromatic carbocycles. The molecule has 0 spiro atoms. The van der Waals surface area contributed by atoms with Crippen molar-refractivity contribution in [2.24, 2.45) is 0 Å². The van der Waals surface area contributed by atoms with Gasteiger partial charge in [-0.3, -0.25) is 0 Å². The standard InChI is InChI=1S/C11H11.C5H5.2ClH.Zr/c1-8-3-5-10-6-4-9(2)11(10)7-8;1-2-4-5-3-1;;;/h3-7H,1-2H3;1-3H,4H2;2*1H;/q;;;;+2/p-2. The molecule has 0 saturated heterocycles. The second kappa shape index (κ2) is 6.57. The van der Waals surface area contributed by atoms with Crippen molar-refractivity contribution in [1.29, 1.82) is 0 Å². The number of benzene rings is 1. The molecule has 0 saturated carbocycles. The number of hydrogen-bond donors (Lipinski definition) is 0. The zero-order chi connectivity index (χ0) is 11.9. The molecule has 1 unspecified atom stereocenters.